The van der Waals surface area contributed by atoms with Gasteiger partial charge in [0.1, 0.15) is 17.0 Å². The number of hydrogen-bond acceptors (Lipinski definition) is 6. The number of aromatic carboxylic acids is 1. The number of ketones is 1. The number of carboxylic acids is 1. The second-order valence-corrected chi connectivity index (χ2v) is 11.7. The SMILES string of the molecule is C=C(CCC(=O)c1cc(C(=O)O)c2cc(-c3cccc(C(F)(F)F)c3)ccc2n1)[C@@H](Cc1ccc(O)cc1)C(=O)OC(C)(C)C. The fourth-order valence-corrected chi connectivity index (χ4v) is 4.81. The van der Waals surface area contributed by atoms with Gasteiger partial charge in [0.2, 0.25) is 0 Å². The summed E-state index contributed by atoms with van der Waals surface area (Å²) in [5.74, 6) is -3.03. The summed E-state index contributed by atoms with van der Waals surface area (Å²) in [6, 6.07) is 16.6. The first-order chi connectivity index (χ1) is 21.0. The Morgan fingerprint density at radius 2 is 1.58 bits per heavy atom. The molecule has 10 heteroatoms. The quantitative estimate of drug-likeness (QED) is 0.105. The van der Waals surface area contributed by atoms with E-state index in [1.54, 1.807) is 32.9 Å². The summed E-state index contributed by atoms with van der Waals surface area (Å²) in [4.78, 5) is 42.9. The molecule has 3 aromatic carbocycles. The van der Waals surface area contributed by atoms with Crippen molar-refractivity contribution in [1.29, 1.82) is 0 Å². The fourth-order valence-electron chi connectivity index (χ4n) is 4.81. The van der Waals surface area contributed by atoms with E-state index in [1.807, 2.05) is 0 Å². The number of phenols is 1. The van der Waals surface area contributed by atoms with Gasteiger partial charge >= 0.3 is 18.1 Å². The highest BCUT2D eigenvalue weighted by atomic mass is 19.4. The number of halogens is 3. The van der Waals surface area contributed by atoms with Crippen LogP contribution >= 0.6 is 0 Å². The second-order valence-electron chi connectivity index (χ2n) is 11.7. The molecule has 0 saturated heterocycles. The molecule has 234 valence electrons. The molecule has 0 radical (unpaired) electrons. The summed E-state index contributed by atoms with van der Waals surface area (Å²) in [6.07, 6.45) is -4.33. The number of benzene rings is 3. The highest BCUT2D eigenvalue weighted by Crippen LogP contribution is 2.34. The summed E-state index contributed by atoms with van der Waals surface area (Å²) in [6.45, 7) is 9.27. The van der Waals surface area contributed by atoms with Crippen molar-refractivity contribution in [2.45, 2.75) is 51.8 Å². The molecule has 2 N–H and O–H groups in total. The van der Waals surface area contributed by atoms with Gasteiger partial charge in [-0.25, -0.2) is 9.78 Å². The molecule has 0 bridgehead atoms. The highest BCUT2D eigenvalue weighted by molar-refractivity contribution is 6.07. The molecule has 0 unspecified atom stereocenters. The molecule has 1 heterocycles. The molecule has 45 heavy (non-hydrogen) atoms. The van der Waals surface area contributed by atoms with Crippen molar-refractivity contribution < 1.29 is 42.5 Å². The lowest BCUT2D eigenvalue weighted by Crippen LogP contribution is -2.30. The second kappa shape index (κ2) is 12.9. The molecule has 7 nitrogen and oxygen atoms in total. The van der Waals surface area contributed by atoms with Gasteiger partial charge in [-0.15, -0.1) is 0 Å². The number of rotatable bonds is 10. The molecule has 0 aliphatic heterocycles. The Balaban J connectivity index is 1.58. The molecule has 1 atom stereocenters. The molecule has 0 saturated carbocycles. The minimum Gasteiger partial charge on any atom is -0.508 e. The largest absolute Gasteiger partial charge is 0.508 e. The minimum absolute atomic E-state index is 0.0764. The number of nitrogens with zero attached hydrogens (tertiary/aromatic N) is 1. The Kier molecular flexibility index (Phi) is 9.46. The van der Waals surface area contributed by atoms with Gasteiger partial charge in [-0.3, -0.25) is 9.59 Å². The lowest BCUT2D eigenvalue weighted by Gasteiger charge is -2.25. The monoisotopic (exact) mass is 619 g/mol. The zero-order valence-electron chi connectivity index (χ0n) is 24.9. The summed E-state index contributed by atoms with van der Waals surface area (Å²) in [5, 5.41) is 19.7. The zero-order valence-corrected chi connectivity index (χ0v) is 24.9. The van der Waals surface area contributed by atoms with Crippen LogP contribution in [0.25, 0.3) is 22.0 Å². The lowest BCUT2D eigenvalue weighted by atomic mass is 9.89. The van der Waals surface area contributed by atoms with E-state index in [-0.39, 0.29) is 52.7 Å². The van der Waals surface area contributed by atoms with Gasteiger partial charge in [0.15, 0.2) is 5.78 Å². The molecule has 0 aliphatic rings. The van der Waals surface area contributed by atoms with Crippen molar-refractivity contribution in [3.8, 4) is 16.9 Å². The number of carboxylic acid groups (broad SMARTS) is 1. The first-order valence-electron chi connectivity index (χ1n) is 14.1. The number of pyridine rings is 1. The molecule has 0 fully saturated rings. The first-order valence-corrected chi connectivity index (χ1v) is 14.1. The van der Waals surface area contributed by atoms with Gasteiger partial charge in [0.25, 0.3) is 0 Å². The maximum absolute atomic E-state index is 13.3. The van der Waals surface area contributed by atoms with E-state index < -0.39 is 41.0 Å². The van der Waals surface area contributed by atoms with E-state index >= 15 is 0 Å². The van der Waals surface area contributed by atoms with E-state index in [9.17, 15) is 37.8 Å². The normalized spacial score (nSPS) is 12.5. The topological polar surface area (TPSA) is 114 Å². The maximum Gasteiger partial charge on any atom is 0.416 e. The number of phenolic OH excluding ortho intramolecular Hbond substituents is 1. The Morgan fingerprint density at radius 1 is 0.911 bits per heavy atom. The van der Waals surface area contributed by atoms with Crippen molar-refractivity contribution >= 4 is 28.6 Å². The first kappa shape index (κ1) is 32.9. The van der Waals surface area contributed by atoms with Crippen LogP contribution in [0.2, 0.25) is 0 Å². The third-order valence-corrected chi connectivity index (χ3v) is 7.08. The van der Waals surface area contributed by atoms with E-state index in [2.05, 4.69) is 11.6 Å². The molecule has 1 aromatic heterocycles. The zero-order chi connectivity index (χ0) is 33.1. The Bertz CT molecular complexity index is 1770. The van der Waals surface area contributed by atoms with Gasteiger partial charge < -0.3 is 14.9 Å². The number of esters is 1. The number of Topliss-reactive ketones (excluding diaryl/α,β-unsaturated/α-hetero) is 1. The highest BCUT2D eigenvalue weighted by Gasteiger charge is 2.31. The number of fused-ring (bicyclic) bond motifs is 1. The van der Waals surface area contributed by atoms with Crippen LogP contribution in [0.5, 0.6) is 5.75 Å². The van der Waals surface area contributed by atoms with Crippen LogP contribution in [0.15, 0.2) is 84.9 Å². The third-order valence-electron chi connectivity index (χ3n) is 7.08. The van der Waals surface area contributed by atoms with Gasteiger partial charge in [-0.2, -0.15) is 13.2 Å². The van der Waals surface area contributed by atoms with Crippen LogP contribution in [0, 0.1) is 5.92 Å². The van der Waals surface area contributed by atoms with Crippen molar-refractivity contribution in [2.75, 3.05) is 0 Å². The molecule has 4 rings (SSSR count). The van der Waals surface area contributed by atoms with Crippen LogP contribution < -0.4 is 0 Å². The molecular weight excluding hydrogens is 587 g/mol. The van der Waals surface area contributed by atoms with Gasteiger partial charge in [-0.05, 0) is 92.8 Å². The van der Waals surface area contributed by atoms with E-state index in [4.69, 9.17) is 4.74 Å². The molecular formula is C35H32F3NO6. The number of carbonyl (C=O) groups is 3. The van der Waals surface area contributed by atoms with Crippen LogP contribution in [-0.4, -0.2) is 38.5 Å². The number of aromatic nitrogens is 1. The predicted molar refractivity (Wildman–Crippen MR) is 163 cm³/mol. The average Bonchev–Trinajstić information content (AvgIpc) is 2.97. The Morgan fingerprint density at radius 3 is 2.20 bits per heavy atom. The van der Waals surface area contributed by atoms with Crippen LogP contribution in [0.1, 0.15) is 65.6 Å². The Labute approximate surface area is 258 Å². The van der Waals surface area contributed by atoms with E-state index in [0.717, 1.165) is 23.8 Å². The number of alkyl halides is 3. The molecule has 4 aromatic rings. The smallest absolute Gasteiger partial charge is 0.416 e. The van der Waals surface area contributed by atoms with Gasteiger partial charge in [-0.1, -0.05) is 42.5 Å². The molecule has 0 aliphatic carbocycles. The van der Waals surface area contributed by atoms with Crippen molar-refractivity contribution in [2.24, 2.45) is 5.92 Å². The summed E-state index contributed by atoms with van der Waals surface area (Å²) >= 11 is 0. The third kappa shape index (κ3) is 8.35. The fraction of sp³-hybridized carbons (Fsp3) is 0.257. The summed E-state index contributed by atoms with van der Waals surface area (Å²) in [7, 11) is 0. The number of carbonyl (C=O) groups excluding carboxylic acids is 2. The Hall–Kier alpha value is -4.99. The summed E-state index contributed by atoms with van der Waals surface area (Å²) < 4.78 is 45.3. The maximum atomic E-state index is 13.3. The standard InChI is InChI=1S/C35H32F3NO6/c1-20(26(33(44)45-34(2,3)4)16-21-9-12-25(40)13-10-21)8-15-31(41)30-19-28(32(42)43)27-18-23(11-14-29(27)39-30)22-6-5-7-24(17-22)35(36,37)38/h5-7,9-14,17-19,26,40H,1,8,15-16H2,2-4H3,(H,42,43)/t26-/m1/s1. The predicted octanol–water partition coefficient (Wildman–Crippen LogP) is 8.04. The minimum atomic E-state index is -4.54. The number of aromatic hydroxyl groups is 1. The van der Waals surface area contributed by atoms with Crippen molar-refractivity contribution in [3.05, 3.63) is 107 Å². The van der Waals surface area contributed by atoms with E-state index in [0.29, 0.717) is 11.1 Å². The van der Waals surface area contributed by atoms with Gasteiger partial charge in [0, 0.05) is 11.8 Å². The number of ether oxygens (including phenoxy) is 1. The van der Waals surface area contributed by atoms with Crippen molar-refractivity contribution in [3.63, 3.8) is 0 Å². The van der Waals surface area contributed by atoms with Crippen LogP contribution in [0.4, 0.5) is 13.2 Å². The number of hydrogen-bond donors (Lipinski definition) is 2. The average molecular weight is 620 g/mol. The van der Waals surface area contributed by atoms with Crippen molar-refractivity contribution in [1.82, 2.24) is 4.98 Å². The molecule has 0 spiro atoms. The van der Waals surface area contributed by atoms with Crippen LogP contribution in [0.3, 0.4) is 0 Å². The van der Waals surface area contributed by atoms with Gasteiger partial charge in [0.05, 0.1) is 22.6 Å². The lowest BCUT2D eigenvalue weighted by molar-refractivity contribution is -0.158. The van der Waals surface area contributed by atoms with E-state index in [1.165, 1.54) is 42.5 Å². The summed E-state index contributed by atoms with van der Waals surface area (Å²) in [5.41, 5.74) is 0.0518. The van der Waals surface area contributed by atoms with Crippen LogP contribution in [-0.2, 0) is 22.1 Å². The molecule has 0 amide bonds.